The molecule has 3 fully saturated rings. The fourth-order valence-corrected chi connectivity index (χ4v) is 5.63. The summed E-state index contributed by atoms with van der Waals surface area (Å²) in [6.07, 6.45) is 0.616. The third kappa shape index (κ3) is 5.07. The smallest absolute Gasteiger partial charge is 0.254 e. The molecule has 4 heterocycles. The number of hydrogen-bond acceptors (Lipinski definition) is 8. The van der Waals surface area contributed by atoms with Crippen molar-refractivity contribution in [2.75, 3.05) is 44.8 Å². The van der Waals surface area contributed by atoms with E-state index < -0.39 is 23.4 Å². The molecule has 0 unspecified atom stereocenters. The first-order chi connectivity index (χ1) is 18.0. The summed E-state index contributed by atoms with van der Waals surface area (Å²) >= 11 is 0. The van der Waals surface area contributed by atoms with Gasteiger partial charge in [-0.25, -0.2) is 4.98 Å². The van der Waals surface area contributed by atoms with E-state index >= 15 is 0 Å². The van der Waals surface area contributed by atoms with Gasteiger partial charge < -0.3 is 33.9 Å². The molecule has 4 atom stereocenters. The Morgan fingerprint density at radius 2 is 1.92 bits per heavy atom. The number of anilines is 1. The van der Waals surface area contributed by atoms with Gasteiger partial charge in [0.1, 0.15) is 11.9 Å². The fourth-order valence-electron chi connectivity index (χ4n) is 5.63. The van der Waals surface area contributed by atoms with Gasteiger partial charge in [0.15, 0.2) is 23.4 Å². The molecule has 9 nitrogen and oxygen atoms in total. The number of hydrogen-bond donors (Lipinski definition) is 1. The highest BCUT2D eigenvalue weighted by molar-refractivity contribution is 5.82. The van der Waals surface area contributed by atoms with Crippen LogP contribution in [0.15, 0.2) is 36.5 Å². The number of carbonyl (C=O) groups is 1. The molecule has 0 radical (unpaired) electrons. The lowest BCUT2D eigenvalue weighted by Crippen LogP contribution is -2.54. The molecule has 2 aromatic rings. The number of pyridine rings is 1. The molecule has 0 spiro atoms. The van der Waals surface area contributed by atoms with E-state index in [2.05, 4.69) is 16.0 Å². The van der Waals surface area contributed by atoms with Gasteiger partial charge in [-0.1, -0.05) is 19.1 Å². The predicted molar refractivity (Wildman–Crippen MR) is 143 cm³/mol. The lowest BCUT2D eigenvalue weighted by atomic mass is 9.72. The fraction of sp³-hybridized carbons (Fsp3) is 0.586. The minimum absolute atomic E-state index is 0.00919. The van der Waals surface area contributed by atoms with Gasteiger partial charge in [0, 0.05) is 30.6 Å². The van der Waals surface area contributed by atoms with Crippen molar-refractivity contribution in [1.29, 1.82) is 0 Å². The summed E-state index contributed by atoms with van der Waals surface area (Å²) in [6.45, 7) is 12.1. The highest BCUT2D eigenvalue weighted by Gasteiger charge is 2.50. The molecule has 1 aromatic carbocycles. The largest absolute Gasteiger partial charge is 0.493 e. The normalized spacial score (nSPS) is 27.8. The van der Waals surface area contributed by atoms with E-state index in [0.717, 1.165) is 30.0 Å². The number of methoxy groups -OCH3 is 1. The van der Waals surface area contributed by atoms with Crippen molar-refractivity contribution in [2.45, 2.75) is 64.6 Å². The summed E-state index contributed by atoms with van der Waals surface area (Å²) in [7, 11) is 1.63. The molecular weight excluding hydrogens is 486 g/mol. The second-order valence-corrected chi connectivity index (χ2v) is 11.5. The maximum absolute atomic E-state index is 13.3. The molecule has 3 saturated heterocycles. The van der Waals surface area contributed by atoms with E-state index in [0.29, 0.717) is 24.6 Å². The Morgan fingerprint density at radius 1 is 1.16 bits per heavy atom. The van der Waals surface area contributed by atoms with Crippen molar-refractivity contribution in [3.05, 3.63) is 47.7 Å². The Bertz CT molecular complexity index is 1160. The minimum atomic E-state index is -0.776. The average Bonchev–Trinajstić information content (AvgIpc) is 3.41. The van der Waals surface area contributed by atoms with Gasteiger partial charge in [-0.3, -0.25) is 4.79 Å². The van der Waals surface area contributed by atoms with E-state index in [1.165, 1.54) is 0 Å². The lowest BCUT2D eigenvalue weighted by Gasteiger charge is -2.40. The molecule has 5 rings (SSSR count). The summed E-state index contributed by atoms with van der Waals surface area (Å²) in [5.74, 6) is 1.29. The summed E-state index contributed by atoms with van der Waals surface area (Å²) in [4.78, 5) is 21.8. The second kappa shape index (κ2) is 10.0. The second-order valence-electron chi connectivity index (χ2n) is 11.5. The number of carbonyl (C=O) groups excluding carboxylic acids is 1. The van der Waals surface area contributed by atoms with Crippen molar-refractivity contribution >= 4 is 11.7 Å². The maximum Gasteiger partial charge on any atom is 0.254 e. The summed E-state index contributed by atoms with van der Waals surface area (Å²) < 4.78 is 23.4. The Kier molecular flexibility index (Phi) is 7.04. The average molecular weight is 526 g/mol. The first-order valence-electron chi connectivity index (χ1n) is 13.3. The van der Waals surface area contributed by atoms with Gasteiger partial charge in [0.05, 0.1) is 32.9 Å². The van der Waals surface area contributed by atoms with E-state index in [1.54, 1.807) is 18.9 Å². The highest BCUT2D eigenvalue weighted by Crippen LogP contribution is 2.47. The van der Waals surface area contributed by atoms with Crippen LogP contribution in [0, 0.1) is 12.3 Å². The summed E-state index contributed by atoms with van der Waals surface area (Å²) in [5, 5.41) is 10.8. The Balaban J connectivity index is 1.32. The number of aliphatic hydroxyl groups excluding tert-OH is 1. The van der Waals surface area contributed by atoms with Crippen LogP contribution < -0.4 is 14.4 Å². The SMILES string of the molecule is COc1ccc([C@@H]2CN(C(=O)[C@@H]3COC(C)(C)O3)C[C@@]2(C)[C@@H](C)O)cc1OC1CN(c2ccc(C)cn2)C1. The van der Waals surface area contributed by atoms with Crippen LogP contribution >= 0.6 is 0 Å². The number of ether oxygens (including phenoxy) is 4. The molecule has 3 aliphatic rings. The zero-order valence-electron chi connectivity index (χ0n) is 23.1. The summed E-state index contributed by atoms with van der Waals surface area (Å²) in [6, 6.07) is 10.0. The van der Waals surface area contributed by atoms with Crippen molar-refractivity contribution in [3.8, 4) is 11.5 Å². The van der Waals surface area contributed by atoms with E-state index in [4.69, 9.17) is 18.9 Å². The number of benzene rings is 1. The number of aryl methyl sites for hydroxylation is 1. The first-order valence-corrected chi connectivity index (χ1v) is 13.3. The predicted octanol–water partition coefficient (Wildman–Crippen LogP) is 3.13. The van der Waals surface area contributed by atoms with Gasteiger partial charge in [-0.15, -0.1) is 0 Å². The summed E-state index contributed by atoms with van der Waals surface area (Å²) in [5.41, 5.74) is 1.59. The third-order valence-corrected chi connectivity index (χ3v) is 8.23. The molecule has 0 saturated carbocycles. The van der Waals surface area contributed by atoms with Crippen LogP contribution in [0.4, 0.5) is 5.82 Å². The molecule has 1 aromatic heterocycles. The first kappa shape index (κ1) is 26.7. The van der Waals surface area contributed by atoms with Crippen molar-refractivity contribution in [2.24, 2.45) is 5.41 Å². The van der Waals surface area contributed by atoms with Gasteiger partial charge in [-0.05, 0) is 57.0 Å². The number of likely N-dealkylation sites (tertiary alicyclic amines) is 1. The zero-order chi connectivity index (χ0) is 27.2. The molecule has 0 aliphatic carbocycles. The van der Waals surface area contributed by atoms with E-state index in [-0.39, 0.29) is 24.5 Å². The molecule has 1 N–H and O–H groups in total. The van der Waals surface area contributed by atoms with Gasteiger partial charge in [-0.2, -0.15) is 0 Å². The number of aromatic nitrogens is 1. The standard InChI is InChI=1S/C29H39N3O6/c1-18-7-10-26(30-12-18)31-13-21(14-31)37-24-11-20(8-9-23(24)35-6)22-15-32(17-29(22,5)19(2)33)27(34)25-16-36-28(3,4)38-25/h7-12,19,21-22,25,33H,13-17H2,1-6H3/t19-,22+,25+,29+/m1/s1. The Morgan fingerprint density at radius 3 is 2.53 bits per heavy atom. The van der Waals surface area contributed by atoms with Crippen LogP contribution in [-0.4, -0.2) is 84.9 Å². The third-order valence-electron chi connectivity index (χ3n) is 8.23. The monoisotopic (exact) mass is 525 g/mol. The lowest BCUT2D eigenvalue weighted by molar-refractivity contribution is -0.159. The number of nitrogens with zero attached hydrogens (tertiary/aromatic N) is 3. The van der Waals surface area contributed by atoms with Crippen LogP contribution in [0.25, 0.3) is 0 Å². The number of rotatable bonds is 7. The molecule has 0 bridgehead atoms. The van der Waals surface area contributed by atoms with E-state index in [9.17, 15) is 9.90 Å². The van der Waals surface area contributed by atoms with Crippen LogP contribution in [0.5, 0.6) is 11.5 Å². The number of aliphatic hydroxyl groups is 1. The van der Waals surface area contributed by atoms with Crippen molar-refractivity contribution < 1.29 is 28.8 Å². The Labute approximate surface area is 224 Å². The van der Waals surface area contributed by atoms with Crippen LogP contribution in [0.1, 0.15) is 44.7 Å². The van der Waals surface area contributed by atoms with Crippen molar-refractivity contribution in [1.82, 2.24) is 9.88 Å². The highest BCUT2D eigenvalue weighted by atomic mass is 16.7. The van der Waals surface area contributed by atoms with Gasteiger partial charge in [0.25, 0.3) is 5.91 Å². The van der Waals surface area contributed by atoms with Crippen LogP contribution in [0.2, 0.25) is 0 Å². The molecule has 9 heteroatoms. The Hall–Kier alpha value is -2.88. The molecule has 1 amide bonds. The molecule has 3 aliphatic heterocycles. The quantitative estimate of drug-likeness (QED) is 0.590. The van der Waals surface area contributed by atoms with Crippen LogP contribution in [0.3, 0.4) is 0 Å². The zero-order valence-corrected chi connectivity index (χ0v) is 23.1. The molecule has 38 heavy (non-hydrogen) atoms. The van der Waals surface area contributed by atoms with Gasteiger partial charge in [0.2, 0.25) is 0 Å². The van der Waals surface area contributed by atoms with E-state index in [1.807, 2.05) is 58.2 Å². The number of amides is 1. The van der Waals surface area contributed by atoms with Gasteiger partial charge >= 0.3 is 0 Å². The molecule has 206 valence electrons. The maximum atomic E-state index is 13.3. The molecular formula is C29H39N3O6. The topological polar surface area (TPSA) is 93.6 Å². The van der Waals surface area contributed by atoms with Crippen molar-refractivity contribution in [3.63, 3.8) is 0 Å². The van der Waals surface area contributed by atoms with Crippen LogP contribution in [-0.2, 0) is 14.3 Å². The minimum Gasteiger partial charge on any atom is -0.493 e.